The maximum atomic E-state index is 13.3. The summed E-state index contributed by atoms with van der Waals surface area (Å²) >= 11 is 0. The zero-order valence-electron chi connectivity index (χ0n) is 23.9. The smallest absolute Gasteiger partial charge is 0.312 e. The second-order valence-electron chi connectivity index (χ2n) is 9.87. The van der Waals surface area contributed by atoms with Crippen LogP contribution in [0, 0.1) is 11.8 Å². The first-order valence-electron chi connectivity index (χ1n) is 13.5. The van der Waals surface area contributed by atoms with E-state index in [1.165, 1.54) is 26.3 Å². The van der Waals surface area contributed by atoms with Crippen molar-refractivity contribution in [2.75, 3.05) is 40.3 Å². The Morgan fingerprint density at radius 2 is 2.00 bits per heavy atom. The van der Waals surface area contributed by atoms with Gasteiger partial charge >= 0.3 is 11.9 Å². The lowest BCUT2D eigenvalue weighted by molar-refractivity contribution is -0.179. The van der Waals surface area contributed by atoms with E-state index in [0.717, 1.165) is 12.8 Å². The lowest BCUT2D eigenvalue weighted by Gasteiger charge is -2.34. The normalized spacial score (nSPS) is 22.2. The number of pyridine rings is 1. The van der Waals surface area contributed by atoms with Gasteiger partial charge in [-0.25, -0.2) is 4.98 Å². The second-order valence-corrected chi connectivity index (χ2v) is 9.87. The Morgan fingerprint density at radius 3 is 2.67 bits per heavy atom. The van der Waals surface area contributed by atoms with Crippen LogP contribution in [-0.4, -0.2) is 81.3 Å². The van der Waals surface area contributed by atoms with E-state index in [1.54, 1.807) is 6.92 Å². The van der Waals surface area contributed by atoms with Crippen molar-refractivity contribution in [1.82, 2.24) is 4.98 Å². The largest absolute Gasteiger partial charge is 0.493 e. The summed E-state index contributed by atoms with van der Waals surface area (Å²) < 4.78 is 39.5. The lowest BCUT2D eigenvalue weighted by atomic mass is 9.99. The summed E-state index contributed by atoms with van der Waals surface area (Å²) in [5.41, 5.74) is -0.0537. The summed E-state index contributed by atoms with van der Waals surface area (Å²) in [6.07, 6.45) is 2.25. The van der Waals surface area contributed by atoms with E-state index in [1.807, 2.05) is 13.8 Å². The first-order valence-corrected chi connectivity index (χ1v) is 13.5. The molecule has 0 amide bonds. The lowest BCUT2D eigenvalue weighted by Crippen LogP contribution is -2.45. The van der Waals surface area contributed by atoms with Gasteiger partial charge in [-0.15, -0.1) is 0 Å². The molecule has 0 saturated carbocycles. The predicted octanol–water partition coefficient (Wildman–Crippen LogP) is 3.76. The number of ether oxygens (including phenoxy) is 7. The van der Waals surface area contributed by atoms with Crippen molar-refractivity contribution >= 4 is 17.7 Å². The van der Waals surface area contributed by atoms with Crippen molar-refractivity contribution in [2.24, 2.45) is 11.8 Å². The van der Waals surface area contributed by atoms with Gasteiger partial charge in [0.25, 0.3) is 0 Å². The highest BCUT2D eigenvalue weighted by atomic mass is 16.7. The Morgan fingerprint density at radius 1 is 1.23 bits per heavy atom. The summed E-state index contributed by atoms with van der Waals surface area (Å²) in [5, 5.41) is 0. The Balaban J connectivity index is 2.19. The van der Waals surface area contributed by atoms with Crippen LogP contribution >= 0.6 is 0 Å². The van der Waals surface area contributed by atoms with E-state index in [4.69, 9.17) is 33.2 Å². The molecule has 1 aromatic heterocycles. The molecule has 0 bridgehead atoms. The third-order valence-electron chi connectivity index (χ3n) is 6.03. The second kappa shape index (κ2) is 17.0. The van der Waals surface area contributed by atoms with E-state index < -0.39 is 42.6 Å². The molecule has 11 heteroatoms. The summed E-state index contributed by atoms with van der Waals surface area (Å²) in [4.78, 5) is 41.8. The fraction of sp³-hybridized carbons (Fsp3) is 0.714. The maximum Gasteiger partial charge on any atom is 0.312 e. The molecule has 0 unspecified atom stereocenters. The average molecular weight is 554 g/mol. The first-order chi connectivity index (χ1) is 18.7. The van der Waals surface area contributed by atoms with Crippen LogP contribution in [0.4, 0.5) is 0 Å². The summed E-state index contributed by atoms with van der Waals surface area (Å²) in [6, 6.07) is 1.51. The molecule has 1 aliphatic rings. The first kappa shape index (κ1) is 32.5. The van der Waals surface area contributed by atoms with Gasteiger partial charge in [-0.05, 0) is 25.7 Å². The minimum absolute atomic E-state index is 0.00982. The molecule has 1 saturated heterocycles. The van der Waals surface area contributed by atoms with Crippen molar-refractivity contribution in [3.05, 3.63) is 18.0 Å². The molecule has 2 rings (SSSR count). The SMILES string of the molecule is CCCCO[C@H]1CCOC[C@H](CC(=O)c2nccc(OC)c2OCOC(C)=O)C(=O)O[C@@H](C)[C@@H]1OCC(C)C. The number of Topliss-reactive ketones (excluding diaryl/α,β-unsaturated/α-hetero) is 1. The molecule has 4 atom stereocenters. The van der Waals surface area contributed by atoms with Crippen LogP contribution in [0.15, 0.2) is 12.3 Å². The standard InChI is InChI=1S/C28H43NO10/c1-7-8-12-35-24-10-13-34-16-21(28(32)39-19(4)26(24)36-15-18(2)3)14-22(31)25-27(38-17-37-20(5)30)23(33-6)9-11-29-25/h9,11,18-19,21,24,26H,7-8,10,12-17H2,1-6H3/t19-,21-,24-,26-/m0/s1. The van der Waals surface area contributed by atoms with Crippen LogP contribution in [0.25, 0.3) is 0 Å². The molecule has 0 radical (unpaired) electrons. The highest BCUT2D eigenvalue weighted by molar-refractivity contribution is 5.99. The number of hydrogen-bond acceptors (Lipinski definition) is 11. The molecular weight excluding hydrogens is 510 g/mol. The molecule has 0 aromatic carbocycles. The molecule has 1 aromatic rings. The number of carbonyl (C=O) groups is 3. The van der Waals surface area contributed by atoms with Gasteiger partial charge in [0.05, 0.1) is 25.7 Å². The molecule has 2 heterocycles. The quantitative estimate of drug-likeness (QED) is 0.145. The molecular formula is C28H43NO10. The van der Waals surface area contributed by atoms with Gasteiger partial charge in [0.15, 0.2) is 23.0 Å². The Bertz CT molecular complexity index is 922. The van der Waals surface area contributed by atoms with Gasteiger partial charge in [-0.2, -0.15) is 0 Å². The summed E-state index contributed by atoms with van der Waals surface area (Å²) in [7, 11) is 1.41. The number of cyclic esters (lactones) is 1. The monoisotopic (exact) mass is 553 g/mol. The highest BCUT2D eigenvalue weighted by Crippen LogP contribution is 2.31. The van der Waals surface area contributed by atoms with E-state index >= 15 is 0 Å². The number of unbranched alkanes of at least 4 members (excludes halogenated alkanes) is 1. The number of esters is 2. The molecule has 0 spiro atoms. The van der Waals surface area contributed by atoms with Crippen LogP contribution < -0.4 is 9.47 Å². The molecule has 11 nitrogen and oxygen atoms in total. The van der Waals surface area contributed by atoms with Gasteiger partial charge < -0.3 is 33.2 Å². The molecule has 0 N–H and O–H groups in total. The maximum absolute atomic E-state index is 13.3. The van der Waals surface area contributed by atoms with E-state index in [9.17, 15) is 14.4 Å². The summed E-state index contributed by atoms with van der Waals surface area (Å²) in [6.45, 7) is 10.2. The summed E-state index contributed by atoms with van der Waals surface area (Å²) in [5.74, 6) is -1.94. The fourth-order valence-corrected chi connectivity index (χ4v) is 3.97. The van der Waals surface area contributed by atoms with Gasteiger partial charge in [0.1, 0.15) is 12.2 Å². The third-order valence-corrected chi connectivity index (χ3v) is 6.03. The van der Waals surface area contributed by atoms with E-state index in [2.05, 4.69) is 11.9 Å². The van der Waals surface area contributed by atoms with Crippen LogP contribution in [0.2, 0.25) is 0 Å². The number of methoxy groups -OCH3 is 1. The van der Waals surface area contributed by atoms with Gasteiger partial charge in [0.2, 0.25) is 6.79 Å². The molecule has 0 aliphatic carbocycles. The van der Waals surface area contributed by atoms with E-state index in [0.29, 0.717) is 26.2 Å². The molecule has 220 valence electrons. The Hall–Kier alpha value is -2.76. The minimum Gasteiger partial charge on any atom is -0.493 e. The Kier molecular flexibility index (Phi) is 14.2. The zero-order chi connectivity index (χ0) is 28.8. The van der Waals surface area contributed by atoms with E-state index in [-0.39, 0.29) is 42.2 Å². The van der Waals surface area contributed by atoms with Gasteiger partial charge in [0, 0.05) is 45.4 Å². The van der Waals surface area contributed by atoms with Crippen molar-refractivity contribution in [1.29, 1.82) is 0 Å². The van der Waals surface area contributed by atoms with Gasteiger partial charge in [-0.1, -0.05) is 27.2 Å². The zero-order valence-corrected chi connectivity index (χ0v) is 23.9. The highest BCUT2D eigenvalue weighted by Gasteiger charge is 2.36. The molecule has 1 fully saturated rings. The number of aromatic nitrogens is 1. The fourth-order valence-electron chi connectivity index (χ4n) is 3.97. The van der Waals surface area contributed by atoms with Crippen molar-refractivity contribution in [2.45, 2.75) is 78.6 Å². The van der Waals surface area contributed by atoms with Crippen LogP contribution in [0.5, 0.6) is 11.5 Å². The molecule has 39 heavy (non-hydrogen) atoms. The van der Waals surface area contributed by atoms with Crippen molar-refractivity contribution in [3.8, 4) is 11.5 Å². The van der Waals surface area contributed by atoms with Crippen molar-refractivity contribution in [3.63, 3.8) is 0 Å². The number of carbonyl (C=O) groups excluding carboxylic acids is 3. The third kappa shape index (κ3) is 10.7. The number of nitrogens with zero attached hydrogens (tertiary/aromatic N) is 1. The topological polar surface area (TPSA) is 129 Å². The molecule has 1 aliphatic heterocycles. The van der Waals surface area contributed by atoms with Gasteiger partial charge in [-0.3, -0.25) is 14.4 Å². The van der Waals surface area contributed by atoms with Crippen molar-refractivity contribution < 1.29 is 47.5 Å². The number of ketones is 1. The van der Waals surface area contributed by atoms with Crippen LogP contribution in [0.1, 0.15) is 70.8 Å². The van der Waals surface area contributed by atoms with Crippen LogP contribution in [-0.2, 0) is 33.3 Å². The average Bonchev–Trinajstić information content (AvgIpc) is 2.89. The number of hydrogen-bond donors (Lipinski definition) is 0. The van der Waals surface area contributed by atoms with Crippen LogP contribution in [0.3, 0.4) is 0 Å². The Labute approximate surface area is 230 Å². The number of rotatable bonds is 14. The predicted molar refractivity (Wildman–Crippen MR) is 141 cm³/mol. The minimum atomic E-state index is -0.877.